The Balaban J connectivity index is 1.51. The van der Waals surface area contributed by atoms with E-state index in [4.69, 9.17) is 23.2 Å². The first kappa shape index (κ1) is 22.4. The van der Waals surface area contributed by atoms with Crippen LogP contribution in [0.5, 0.6) is 0 Å². The summed E-state index contributed by atoms with van der Waals surface area (Å²) >= 11 is 13.6. The fourth-order valence-corrected chi connectivity index (χ4v) is 5.23. The van der Waals surface area contributed by atoms with Gasteiger partial charge in [0.2, 0.25) is 0 Å². The van der Waals surface area contributed by atoms with Crippen molar-refractivity contribution in [3.05, 3.63) is 99.5 Å². The van der Waals surface area contributed by atoms with Gasteiger partial charge in [-0.05, 0) is 72.4 Å². The first-order valence-electron chi connectivity index (χ1n) is 10.1. The quantitative estimate of drug-likeness (QED) is 0.363. The van der Waals surface area contributed by atoms with Crippen LogP contribution in [-0.2, 0) is 0 Å². The molecule has 2 nitrogen and oxygen atoms in total. The molecule has 1 fully saturated rings. The number of anilines is 1. The summed E-state index contributed by atoms with van der Waals surface area (Å²) in [6.45, 7) is 1.80. The lowest BCUT2D eigenvalue weighted by Gasteiger charge is -2.36. The van der Waals surface area contributed by atoms with E-state index < -0.39 is 0 Å². The first-order chi connectivity index (χ1) is 15.0. The Morgan fingerprint density at radius 3 is 2.06 bits per heavy atom. The van der Waals surface area contributed by atoms with E-state index in [9.17, 15) is 8.78 Å². The topological polar surface area (TPSA) is 15.3 Å². The fraction of sp³-hybridized carbons (Fsp3) is 0.250. The van der Waals surface area contributed by atoms with Crippen LogP contribution >= 0.6 is 35.3 Å². The van der Waals surface area contributed by atoms with Crippen LogP contribution in [0.1, 0.15) is 29.9 Å². The van der Waals surface area contributed by atoms with Crippen LogP contribution in [0, 0.1) is 17.6 Å². The van der Waals surface area contributed by atoms with Gasteiger partial charge in [-0.15, -0.1) is 0 Å². The van der Waals surface area contributed by atoms with Crippen LogP contribution in [0.4, 0.5) is 14.5 Å². The Morgan fingerprint density at radius 2 is 1.48 bits per heavy atom. The molecule has 0 aliphatic carbocycles. The Morgan fingerprint density at radius 1 is 0.871 bits per heavy atom. The smallest absolute Gasteiger partial charge is 0.123 e. The highest BCUT2D eigenvalue weighted by Gasteiger charge is 2.30. The summed E-state index contributed by atoms with van der Waals surface area (Å²) in [5, 5.41) is 1.04. The van der Waals surface area contributed by atoms with Gasteiger partial charge >= 0.3 is 0 Å². The van der Waals surface area contributed by atoms with Gasteiger partial charge in [0.1, 0.15) is 11.6 Å². The second kappa shape index (κ2) is 10.2. The third-order valence-corrected chi connectivity index (χ3v) is 7.22. The van der Waals surface area contributed by atoms with Crippen molar-refractivity contribution >= 4 is 41.0 Å². The maximum atomic E-state index is 13.5. The van der Waals surface area contributed by atoms with Gasteiger partial charge < -0.3 is 4.72 Å². The SMILES string of the molecule is Fc1ccc(C(c2ccc(F)cc2)C2CCCN(SNc3ccc(Cl)c(Cl)c3)C2)cc1. The summed E-state index contributed by atoms with van der Waals surface area (Å²) in [5.41, 5.74) is 2.97. The lowest BCUT2D eigenvalue weighted by Crippen LogP contribution is -2.34. The summed E-state index contributed by atoms with van der Waals surface area (Å²) in [4.78, 5) is 0. The Kier molecular flexibility index (Phi) is 7.39. The Hall–Kier alpha value is -1.79. The largest absolute Gasteiger partial charge is 0.317 e. The standard InChI is InChI=1S/C24H22Cl2F2N2S/c25-22-12-11-21(14-23(22)26)29-31-30-13-1-2-18(15-30)24(16-3-7-19(27)8-4-16)17-5-9-20(28)10-6-17/h3-12,14,18,24,29H,1-2,13,15H2. The van der Waals surface area contributed by atoms with Crippen molar-refractivity contribution < 1.29 is 8.78 Å². The molecule has 0 amide bonds. The summed E-state index contributed by atoms with van der Waals surface area (Å²) in [7, 11) is 0. The minimum atomic E-state index is -0.256. The van der Waals surface area contributed by atoms with Crippen LogP contribution < -0.4 is 4.72 Å². The molecule has 31 heavy (non-hydrogen) atoms. The van der Waals surface area contributed by atoms with Crippen LogP contribution in [-0.4, -0.2) is 17.4 Å². The van der Waals surface area contributed by atoms with Gasteiger partial charge in [0, 0.05) is 36.8 Å². The van der Waals surface area contributed by atoms with Crippen LogP contribution in [0.15, 0.2) is 66.7 Å². The number of nitrogens with zero attached hydrogens (tertiary/aromatic N) is 1. The minimum absolute atomic E-state index is 0.0644. The predicted molar refractivity (Wildman–Crippen MR) is 127 cm³/mol. The summed E-state index contributed by atoms with van der Waals surface area (Å²) < 4.78 is 32.7. The average molecular weight is 479 g/mol. The molecule has 1 saturated heterocycles. The number of benzene rings is 3. The highest BCUT2D eigenvalue weighted by molar-refractivity contribution is 7.98. The van der Waals surface area contributed by atoms with Gasteiger partial charge in [-0.2, -0.15) is 0 Å². The highest BCUT2D eigenvalue weighted by atomic mass is 35.5. The molecule has 0 bridgehead atoms. The van der Waals surface area contributed by atoms with E-state index in [1.807, 2.05) is 30.3 Å². The molecule has 7 heteroatoms. The molecule has 1 aliphatic rings. The zero-order valence-corrected chi connectivity index (χ0v) is 19.0. The molecule has 3 aromatic rings. The summed E-state index contributed by atoms with van der Waals surface area (Å²) in [6.07, 6.45) is 2.09. The van der Waals surface area contributed by atoms with Crippen molar-refractivity contribution in [2.24, 2.45) is 5.92 Å². The second-order valence-electron chi connectivity index (χ2n) is 7.69. The van der Waals surface area contributed by atoms with E-state index >= 15 is 0 Å². The molecule has 1 unspecified atom stereocenters. The molecule has 0 saturated carbocycles. The van der Waals surface area contributed by atoms with E-state index in [2.05, 4.69) is 9.03 Å². The maximum Gasteiger partial charge on any atom is 0.123 e. The molecule has 1 N–H and O–H groups in total. The van der Waals surface area contributed by atoms with Gasteiger partial charge in [-0.25, -0.2) is 13.1 Å². The molecule has 4 rings (SSSR count). The van der Waals surface area contributed by atoms with Crippen molar-refractivity contribution in [1.82, 2.24) is 4.31 Å². The number of rotatable bonds is 6. The molecule has 0 aromatic heterocycles. The molecule has 0 spiro atoms. The van der Waals surface area contributed by atoms with E-state index in [1.165, 1.54) is 24.3 Å². The van der Waals surface area contributed by atoms with Crippen molar-refractivity contribution in [3.8, 4) is 0 Å². The van der Waals surface area contributed by atoms with Crippen molar-refractivity contribution in [2.45, 2.75) is 18.8 Å². The van der Waals surface area contributed by atoms with Crippen molar-refractivity contribution in [3.63, 3.8) is 0 Å². The first-order valence-corrected chi connectivity index (χ1v) is 11.7. The van der Waals surface area contributed by atoms with E-state index in [0.29, 0.717) is 16.0 Å². The molecular formula is C24H22Cl2F2N2S. The number of nitrogens with one attached hydrogen (secondary N) is 1. The number of hydrogen-bond acceptors (Lipinski definition) is 3. The van der Waals surface area contributed by atoms with Gasteiger partial charge in [-0.1, -0.05) is 47.5 Å². The van der Waals surface area contributed by atoms with Crippen LogP contribution in [0.3, 0.4) is 0 Å². The van der Waals surface area contributed by atoms with Crippen molar-refractivity contribution in [1.29, 1.82) is 0 Å². The summed E-state index contributed by atoms with van der Waals surface area (Å²) in [5.74, 6) is -0.135. The van der Waals surface area contributed by atoms with Crippen LogP contribution in [0.25, 0.3) is 0 Å². The van der Waals surface area contributed by atoms with E-state index in [-0.39, 0.29) is 17.6 Å². The zero-order chi connectivity index (χ0) is 21.8. The van der Waals surface area contributed by atoms with Gasteiger partial charge in [0.25, 0.3) is 0 Å². The Labute approximate surface area is 195 Å². The number of piperidine rings is 1. The predicted octanol–water partition coefficient (Wildman–Crippen LogP) is 7.79. The average Bonchev–Trinajstić information content (AvgIpc) is 2.78. The number of halogens is 4. The van der Waals surface area contributed by atoms with Gasteiger partial charge in [0.15, 0.2) is 0 Å². The minimum Gasteiger partial charge on any atom is -0.317 e. The molecule has 1 heterocycles. The third kappa shape index (κ3) is 5.72. The maximum absolute atomic E-state index is 13.5. The fourth-order valence-electron chi connectivity index (χ4n) is 4.08. The zero-order valence-electron chi connectivity index (χ0n) is 16.7. The molecule has 3 aromatic carbocycles. The van der Waals surface area contributed by atoms with Gasteiger partial charge in [-0.3, -0.25) is 0 Å². The van der Waals surface area contributed by atoms with E-state index in [0.717, 1.165) is 42.7 Å². The van der Waals surface area contributed by atoms with Gasteiger partial charge in [0.05, 0.1) is 10.0 Å². The molecule has 1 atom stereocenters. The molecule has 1 aliphatic heterocycles. The lowest BCUT2D eigenvalue weighted by molar-refractivity contribution is 0.265. The monoisotopic (exact) mass is 478 g/mol. The molecule has 0 radical (unpaired) electrons. The third-order valence-electron chi connectivity index (χ3n) is 5.56. The van der Waals surface area contributed by atoms with Crippen LogP contribution in [0.2, 0.25) is 10.0 Å². The normalized spacial score (nSPS) is 17.1. The second-order valence-corrected chi connectivity index (χ2v) is 9.41. The molecular weight excluding hydrogens is 457 g/mol. The summed E-state index contributed by atoms with van der Waals surface area (Å²) in [6, 6.07) is 18.8. The Bertz CT molecular complexity index is 970. The lowest BCUT2D eigenvalue weighted by atomic mass is 9.77. The highest BCUT2D eigenvalue weighted by Crippen LogP contribution is 2.39. The molecule has 162 valence electrons. The number of hydrogen-bond donors (Lipinski definition) is 1. The van der Waals surface area contributed by atoms with Crippen molar-refractivity contribution in [2.75, 3.05) is 17.8 Å². The van der Waals surface area contributed by atoms with E-state index in [1.54, 1.807) is 24.3 Å².